The maximum atomic E-state index is 12.4. The Kier molecular flexibility index (Phi) is 3.71. The Labute approximate surface area is 143 Å². The molecule has 1 aliphatic rings. The first-order chi connectivity index (χ1) is 12.0. The van der Waals surface area contributed by atoms with Crippen LogP contribution in [-0.2, 0) is 0 Å². The molecule has 0 radical (unpaired) electrons. The summed E-state index contributed by atoms with van der Waals surface area (Å²) in [7, 11) is 0. The van der Waals surface area contributed by atoms with Crippen LogP contribution < -0.4 is 5.76 Å². The van der Waals surface area contributed by atoms with Gasteiger partial charge >= 0.3 is 5.76 Å². The Hall–Kier alpha value is -2.83. The van der Waals surface area contributed by atoms with Crippen LogP contribution in [-0.4, -0.2) is 33.6 Å². The van der Waals surface area contributed by atoms with E-state index in [4.69, 9.17) is 8.94 Å². The summed E-state index contributed by atoms with van der Waals surface area (Å²) in [5.74, 6) is -0.244. The molecule has 0 spiro atoms. The van der Waals surface area contributed by atoms with Crippen molar-refractivity contribution in [3.8, 4) is 0 Å². The van der Waals surface area contributed by atoms with Crippen molar-refractivity contribution in [3.63, 3.8) is 0 Å². The van der Waals surface area contributed by atoms with E-state index in [1.54, 1.807) is 15.5 Å². The molecule has 3 aromatic rings. The highest BCUT2D eigenvalue weighted by atomic mass is 16.5. The second-order valence-electron chi connectivity index (χ2n) is 6.57. The van der Waals surface area contributed by atoms with Crippen molar-refractivity contribution in [1.29, 1.82) is 0 Å². The summed E-state index contributed by atoms with van der Waals surface area (Å²) in [6, 6.07) is 5.58. The van der Waals surface area contributed by atoms with E-state index in [9.17, 15) is 9.59 Å². The van der Waals surface area contributed by atoms with Crippen LogP contribution in [0.1, 0.15) is 40.6 Å². The zero-order valence-electron chi connectivity index (χ0n) is 14.2. The predicted molar refractivity (Wildman–Crippen MR) is 90.6 cm³/mol. The number of aromatic nitrogens is 2. The number of amides is 1. The van der Waals surface area contributed by atoms with Gasteiger partial charge in [-0.15, -0.1) is 0 Å². The Balaban J connectivity index is 1.59. The van der Waals surface area contributed by atoms with Gasteiger partial charge in [-0.05, 0) is 43.9 Å². The van der Waals surface area contributed by atoms with Gasteiger partial charge in [0.05, 0.1) is 11.7 Å². The number of nitrogens with zero attached hydrogens (tertiary/aromatic N) is 3. The van der Waals surface area contributed by atoms with Crippen molar-refractivity contribution >= 4 is 17.0 Å². The molecular weight excluding hydrogens is 322 g/mol. The third-order valence-corrected chi connectivity index (χ3v) is 4.81. The van der Waals surface area contributed by atoms with Crippen molar-refractivity contribution in [2.45, 2.75) is 32.7 Å². The SMILES string of the molecule is Cc1cc(C)c2oc(=O)n(C3CCN(C(=O)c4ccno4)CC3)c2c1. The molecule has 1 aliphatic heterocycles. The van der Waals surface area contributed by atoms with E-state index in [1.807, 2.05) is 26.0 Å². The predicted octanol–water partition coefficient (Wildman–Crippen LogP) is 2.68. The van der Waals surface area contributed by atoms with E-state index in [0.717, 1.165) is 16.6 Å². The van der Waals surface area contributed by atoms with Crippen molar-refractivity contribution in [2.24, 2.45) is 0 Å². The minimum Gasteiger partial charge on any atom is -0.407 e. The van der Waals surface area contributed by atoms with Gasteiger partial charge in [0.1, 0.15) is 0 Å². The summed E-state index contributed by atoms with van der Waals surface area (Å²) >= 11 is 0. The number of hydrogen-bond donors (Lipinski definition) is 0. The number of likely N-dealkylation sites (tertiary alicyclic amines) is 1. The van der Waals surface area contributed by atoms with Gasteiger partial charge in [-0.1, -0.05) is 11.2 Å². The highest BCUT2D eigenvalue weighted by Crippen LogP contribution is 2.28. The number of aryl methyl sites for hydroxylation is 2. The molecule has 0 aliphatic carbocycles. The van der Waals surface area contributed by atoms with Gasteiger partial charge in [0.15, 0.2) is 5.58 Å². The van der Waals surface area contributed by atoms with E-state index in [0.29, 0.717) is 31.5 Å². The first kappa shape index (κ1) is 15.7. The van der Waals surface area contributed by atoms with E-state index in [2.05, 4.69) is 5.16 Å². The van der Waals surface area contributed by atoms with Crippen molar-refractivity contribution in [2.75, 3.05) is 13.1 Å². The minimum absolute atomic E-state index is 0.0220. The van der Waals surface area contributed by atoms with Crippen LogP contribution in [0.5, 0.6) is 0 Å². The molecular formula is C18H19N3O4. The number of fused-ring (bicyclic) bond motifs is 1. The summed E-state index contributed by atoms with van der Waals surface area (Å²) < 4.78 is 12.2. The normalized spacial score (nSPS) is 15.8. The van der Waals surface area contributed by atoms with Crippen LogP contribution in [0.2, 0.25) is 0 Å². The van der Waals surface area contributed by atoms with Gasteiger partial charge in [-0.2, -0.15) is 0 Å². The lowest BCUT2D eigenvalue weighted by molar-refractivity contribution is 0.0652. The Morgan fingerprint density at radius 2 is 2.00 bits per heavy atom. The summed E-state index contributed by atoms with van der Waals surface area (Å²) in [4.78, 5) is 26.5. The molecule has 7 heteroatoms. The molecule has 1 saturated heterocycles. The Morgan fingerprint density at radius 3 is 2.68 bits per heavy atom. The second-order valence-corrected chi connectivity index (χ2v) is 6.57. The monoisotopic (exact) mass is 341 g/mol. The molecule has 7 nitrogen and oxygen atoms in total. The molecule has 4 rings (SSSR count). The van der Waals surface area contributed by atoms with E-state index < -0.39 is 0 Å². The van der Waals surface area contributed by atoms with Gasteiger partial charge < -0.3 is 13.8 Å². The quantitative estimate of drug-likeness (QED) is 0.716. The van der Waals surface area contributed by atoms with Crippen molar-refractivity contribution in [1.82, 2.24) is 14.6 Å². The molecule has 1 aromatic carbocycles. The lowest BCUT2D eigenvalue weighted by Gasteiger charge is -2.31. The second kappa shape index (κ2) is 5.91. The van der Waals surface area contributed by atoms with Gasteiger partial charge in [-0.3, -0.25) is 9.36 Å². The van der Waals surface area contributed by atoms with Gasteiger partial charge in [0.25, 0.3) is 5.91 Å². The molecule has 0 N–H and O–H groups in total. The first-order valence-electron chi connectivity index (χ1n) is 8.37. The Morgan fingerprint density at radius 1 is 1.24 bits per heavy atom. The molecule has 1 fully saturated rings. The summed E-state index contributed by atoms with van der Waals surface area (Å²) in [6.07, 6.45) is 2.85. The average molecular weight is 341 g/mol. The van der Waals surface area contributed by atoms with Crippen LogP contribution in [0, 0.1) is 13.8 Å². The van der Waals surface area contributed by atoms with Crippen LogP contribution in [0.3, 0.4) is 0 Å². The van der Waals surface area contributed by atoms with Crippen LogP contribution in [0.4, 0.5) is 0 Å². The van der Waals surface area contributed by atoms with Crippen LogP contribution in [0.25, 0.3) is 11.1 Å². The highest BCUT2D eigenvalue weighted by molar-refractivity contribution is 5.91. The number of piperidine rings is 1. The third-order valence-electron chi connectivity index (χ3n) is 4.81. The number of hydrogen-bond acceptors (Lipinski definition) is 5. The van der Waals surface area contributed by atoms with E-state index >= 15 is 0 Å². The maximum Gasteiger partial charge on any atom is 0.420 e. The van der Waals surface area contributed by atoms with Crippen molar-refractivity contribution in [3.05, 3.63) is 51.8 Å². The summed E-state index contributed by atoms with van der Waals surface area (Å²) in [6.45, 7) is 5.08. The van der Waals surface area contributed by atoms with Crippen LogP contribution in [0.15, 0.2) is 38.1 Å². The summed E-state index contributed by atoms with van der Waals surface area (Å²) in [5, 5.41) is 3.58. The average Bonchev–Trinajstić information content (AvgIpc) is 3.22. The number of carbonyl (C=O) groups excluding carboxylic acids is 1. The van der Waals surface area contributed by atoms with Gasteiger partial charge in [0.2, 0.25) is 5.76 Å². The fraction of sp³-hybridized carbons (Fsp3) is 0.389. The number of benzene rings is 1. The van der Waals surface area contributed by atoms with Gasteiger partial charge in [-0.25, -0.2) is 4.79 Å². The number of rotatable bonds is 2. The molecule has 25 heavy (non-hydrogen) atoms. The van der Waals surface area contributed by atoms with Crippen molar-refractivity contribution < 1.29 is 13.7 Å². The molecule has 130 valence electrons. The van der Waals surface area contributed by atoms with Crippen LogP contribution >= 0.6 is 0 Å². The molecule has 2 aromatic heterocycles. The minimum atomic E-state index is -0.330. The zero-order valence-corrected chi connectivity index (χ0v) is 14.2. The van der Waals surface area contributed by atoms with E-state index in [-0.39, 0.29) is 23.5 Å². The molecule has 0 saturated carbocycles. The van der Waals surface area contributed by atoms with Gasteiger partial charge in [0, 0.05) is 25.2 Å². The third kappa shape index (κ3) is 2.65. The summed E-state index contributed by atoms with van der Waals surface area (Å²) in [5.41, 5.74) is 3.54. The fourth-order valence-corrected chi connectivity index (χ4v) is 3.63. The molecule has 0 bridgehead atoms. The largest absolute Gasteiger partial charge is 0.420 e. The fourth-order valence-electron chi connectivity index (χ4n) is 3.63. The number of carbonyl (C=O) groups is 1. The molecule has 1 amide bonds. The topological polar surface area (TPSA) is 81.5 Å². The first-order valence-corrected chi connectivity index (χ1v) is 8.37. The molecule has 3 heterocycles. The lowest BCUT2D eigenvalue weighted by atomic mass is 10.0. The molecule has 0 unspecified atom stereocenters. The number of oxazole rings is 1. The zero-order chi connectivity index (χ0) is 17.6. The smallest absolute Gasteiger partial charge is 0.407 e. The lowest BCUT2D eigenvalue weighted by Crippen LogP contribution is -2.40. The maximum absolute atomic E-state index is 12.4. The Bertz CT molecular complexity index is 976. The standard InChI is InChI=1S/C18H19N3O4/c1-11-9-12(2)16-14(10-11)21(18(23)24-16)13-4-7-20(8-5-13)17(22)15-3-6-19-25-15/h3,6,9-10,13H,4-5,7-8H2,1-2H3. The van der Waals surface area contributed by atoms with E-state index in [1.165, 1.54) is 6.20 Å². The molecule has 0 atom stereocenters. The highest BCUT2D eigenvalue weighted by Gasteiger charge is 2.28.